The molecule has 8 nitrogen and oxygen atoms in total. The van der Waals surface area contributed by atoms with Crippen LogP contribution in [-0.2, 0) is 19.1 Å². The fraction of sp³-hybridized carbons (Fsp3) is 0.471. The second kappa shape index (κ2) is 9.51. The Balaban J connectivity index is 3.24. The molecular weight excluding hydrogens is 330 g/mol. The van der Waals surface area contributed by atoms with Crippen molar-refractivity contribution < 1.29 is 33.4 Å². The van der Waals surface area contributed by atoms with E-state index in [1.165, 1.54) is 26.1 Å². The molecule has 1 aromatic rings. The standard InChI is InChI=1S/C17H21NO7/c1-5-12(19)24-16(21)11-7-8-18-14(15(11)23-9-10(3)4)17(22)25-13(20)6-2/h7-8,10H,5-6,9H2,1-4H3. The topological polar surface area (TPSA) is 109 Å². The zero-order valence-electron chi connectivity index (χ0n) is 14.7. The van der Waals surface area contributed by atoms with Crippen molar-refractivity contribution in [2.75, 3.05) is 6.61 Å². The Morgan fingerprint density at radius 2 is 1.56 bits per heavy atom. The first-order valence-corrected chi connectivity index (χ1v) is 7.91. The summed E-state index contributed by atoms with van der Waals surface area (Å²) in [6, 6.07) is 1.26. The number of nitrogens with zero attached hydrogens (tertiary/aromatic N) is 1. The van der Waals surface area contributed by atoms with Crippen molar-refractivity contribution in [3.8, 4) is 5.75 Å². The first kappa shape index (κ1) is 20.3. The Labute approximate surface area is 145 Å². The Hall–Kier alpha value is -2.77. The maximum atomic E-state index is 12.2. The van der Waals surface area contributed by atoms with Gasteiger partial charge in [0.2, 0.25) is 0 Å². The molecular formula is C17H21NO7. The van der Waals surface area contributed by atoms with Gasteiger partial charge in [0.1, 0.15) is 5.56 Å². The zero-order chi connectivity index (χ0) is 19.0. The van der Waals surface area contributed by atoms with Crippen LogP contribution in [0.25, 0.3) is 0 Å². The van der Waals surface area contributed by atoms with E-state index in [9.17, 15) is 19.2 Å². The van der Waals surface area contributed by atoms with Gasteiger partial charge < -0.3 is 14.2 Å². The summed E-state index contributed by atoms with van der Waals surface area (Å²) >= 11 is 0. The van der Waals surface area contributed by atoms with Crippen LogP contribution in [0.15, 0.2) is 12.3 Å². The largest absolute Gasteiger partial charge is 0.490 e. The normalized spacial score (nSPS) is 10.3. The van der Waals surface area contributed by atoms with Crippen LogP contribution in [0.4, 0.5) is 0 Å². The second-order valence-corrected chi connectivity index (χ2v) is 5.47. The van der Waals surface area contributed by atoms with Crippen LogP contribution in [-0.4, -0.2) is 35.5 Å². The molecule has 136 valence electrons. The number of pyridine rings is 1. The van der Waals surface area contributed by atoms with Gasteiger partial charge in [0.05, 0.1) is 6.61 Å². The summed E-state index contributed by atoms with van der Waals surface area (Å²) in [5.74, 6) is -3.56. The molecule has 0 radical (unpaired) electrons. The van der Waals surface area contributed by atoms with Gasteiger partial charge >= 0.3 is 23.9 Å². The van der Waals surface area contributed by atoms with Crippen LogP contribution >= 0.6 is 0 Å². The molecule has 0 aromatic carbocycles. The molecule has 0 aliphatic heterocycles. The molecule has 0 aliphatic carbocycles. The van der Waals surface area contributed by atoms with Crippen LogP contribution in [0.2, 0.25) is 0 Å². The number of ether oxygens (including phenoxy) is 3. The van der Waals surface area contributed by atoms with Crippen molar-refractivity contribution in [3.63, 3.8) is 0 Å². The number of hydrogen-bond acceptors (Lipinski definition) is 8. The Kier molecular flexibility index (Phi) is 7.71. The summed E-state index contributed by atoms with van der Waals surface area (Å²) in [6.45, 7) is 6.98. The Morgan fingerprint density at radius 3 is 2.08 bits per heavy atom. The first-order valence-electron chi connectivity index (χ1n) is 7.91. The summed E-state index contributed by atoms with van der Waals surface area (Å²) in [5, 5.41) is 0. The summed E-state index contributed by atoms with van der Waals surface area (Å²) in [5.41, 5.74) is -0.478. The summed E-state index contributed by atoms with van der Waals surface area (Å²) in [7, 11) is 0. The molecule has 0 unspecified atom stereocenters. The van der Waals surface area contributed by atoms with Crippen molar-refractivity contribution in [3.05, 3.63) is 23.5 Å². The van der Waals surface area contributed by atoms with Gasteiger partial charge in [-0.05, 0) is 12.0 Å². The van der Waals surface area contributed by atoms with Gasteiger partial charge in [-0.25, -0.2) is 14.6 Å². The molecule has 0 saturated heterocycles. The SMILES string of the molecule is CCC(=O)OC(=O)c1ccnc(C(=O)OC(=O)CC)c1OCC(C)C. The highest BCUT2D eigenvalue weighted by atomic mass is 16.6. The van der Waals surface area contributed by atoms with Gasteiger partial charge in [-0.1, -0.05) is 27.7 Å². The molecule has 0 fully saturated rings. The van der Waals surface area contributed by atoms with E-state index in [1.807, 2.05) is 13.8 Å². The third-order valence-electron chi connectivity index (χ3n) is 2.87. The monoisotopic (exact) mass is 351 g/mol. The van der Waals surface area contributed by atoms with Crippen molar-refractivity contribution >= 4 is 23.9 Å². The molecule has 8 heteroatoms. The van der Waals surface area contributed by atoms with Crippen LogP contribution in [0, 0.1) is 5.92 Å². The number of hydrogen-bond donors (Lipinski definition) is 0. The molecule has 1 heterocycles. The van der Waals surface area contributed by atoms with E-state index in [4.69, 9.17) is 4.74 Å². The van der Waals surface area contributed by atoms with Gasteiger partial charge in [-0.3, -0.25) is 9.59 Å². The third-order valence-corrected chi connectivity index (χ3v) is 2.87. The smallest absolute Gasteiger partial charge is 0.368 e. The molecule has 1 rings (SSSR count). The maximum absolute atomic E-state index is 12.2. The molecule has 25 heavy (non-hydrogen) atoms. The predicted molar refractivity (Wildman–Crippen MR) is 86.0 cm³/mol. The average molecular weight is 351 g/mol. The zero-order valence-corrected chi connectivity index (χ0v) is 14.7. The Bertz CT molecular complexity index is 619. The second-order valence-electron chi connectivity index (χ2n) is 5.47. The van der Waals surface area contributed by atoms with E-state index in [2.05, 4.69) is 14.5 Å². The fourth-order valence-electron chi connectivity index (χ4n) is 1.60. The molecule has 0 aliphatic rings. The number of carbonyl (C=O) groups excluding carboxylic acids is 4. The van der Waals surface area contributed by atoms with E-state index < -0.39 is 23.9 Å². The highest BCUT2D eigenvalue weighted by molar-refractivity contribution is 6.03. The number of aromatic nitrogens is 1. The lowest BCUT2D eigenvalue weighted by molar-refractivity contribution is -0.138. The van der Waals surface area contributed by atoms with E-state index in [-0.39, 0.29) is 42.4 Å². The van der Waals surface area contributed by atoms with Gasteiger partial charge in [-0.2, -0.15) is 0 Å². The number of carbonyl (C=O) groups is 4. The third kappa shape index (κ3) is 5.98. The number of esters is 4. The summed E-state index contributed by atoms with van der Waals surface area (Å²) in [6.07, 6.45) is 1.18. The maximum Gasteiger partial charge on any atom is 0.368 e. The summed E-state index contributed by atoms with van der Waals surface area (Å²) < 4.78 is 14.8. The molecule has 0 spiro atoms. The quantitative estimate of drug-likeness (QED) is 0.544. The number of rotatable bonds is 7. The fourth-order valence-corrected chi connectivity index (χ4v) is 1.60. The van der Waals surface area contributed by atoms with Crippen molar-refractivity contribution in [1.29, 1.82) is 0 Å². The van der Waals surface area contributed by atoms with Crippen LogP contribution in [0.5, 0.6) is 5.75 Å². The molecule has 0 atom stereocenters. The Morgan fingerprint density at radius 1 is 1.00 bits per heavy atom. The van der Waals surface area contributed by atoms with Gasteiger partial charge in [-0.15, -0.1) is 0 Å². The highest BCUT2D eigenvalue weighted by Crippen LogP contribution is 2.25. The minimum atomic E-state index is -1.04. The molecule has 0 bridgehead atoms. The van der Waals surface area contributed by atoms with Gasteiger partial charge in [0.25, 0.3) is 0 Å². The van der Waals surface area contributed by atoms with Crippen LogP contribution < -0.4 is 4.74 Å². The van der Waals surface area contributed by atoms with E-state index in [0.29, 0.717) is 0 Å². The van der Waals surface area contributed by atoms with Crippen molar-refractivity contribution in [1.82, 2.24) is 4.98 Å². The average Bonchev–Trinajstić information content (AvgIpc) is 2.58. The minimum absolute atomic E-state index is 0.000654. The molecule has 0 amide bonds. The van der Waals surface area contributed by atoms with Gasteiger partial charge in [0.15, 0.2) is 11.4 Å². The summed E-state index contributed by atoms with van der Waals surface area (Å²) in [4.78, 5) is 50.8. The lowest BCUT2D eigenvalue weighted by Gasteiger charge is -2.14. The lowest BCUT2D eigenvalue weighted by atomic mass is 10.2. The highest BCUT2D eigenvalue weighted by Gasteiger charge is 2.26. The van der Waals surface area contributed by atoms with Crippen LogP contribution in [0.3, 0.4) is 0 Å². The van der Waals surface area contributed by atoms with E-state index in [0.717, 1.165) is 0 Å². The van der Waals surface area contributed by atoms with Crippen molar-refractivity contribution in [2.24, 2.45) is 5.92 Å². The lowest BCUT2D eigenvalue weighted by Crippen LogP contribution is -2.19. The minimum Gasteiger partial charge on any atom is -0.490 e. The van der Waals surface area contributed by atoms with Crippen LogP contribution in [0.1, 0.15) is 61.4 Å². The first-order chi connectivity index (χ1) is 11.8. The molecule has 0 N–H and O–H groups in total. The predicted octanol–water partition coefficient (Wildman–Crippen LogP) is 2.30. The van der Waals surface area contributed by atoms with Gasteiger partial charge in [0, 0.05) is 19.0 Å². The molecule has 1 aromatic heterocycles. The molecule has 0 saturated carbocycles. The van der Waals surface area contributed by atoms with E-state index >= 15 is 0 Å². The van der Waals surface area contributed by atoms with E-state index in [1.54, 1.807) is 0 Å². The van der Waals surface area contributed by atoms with Crippen molar-refractivity contribution in [2.45, 2.75) is 40.5 Å².